The molecule has 1 aromatic carbocycles. The van der Waals surface area contributed by atoms with E-state index in [-0.39, 0.29) is 33.3 Å². The molecule has 4 nitrogen and oxygen atoms in total. The number of amides is 2. The predicted octanol–water partition coefficient (Wildman–Crippen LogP) is 2.70. The van der Waals surface area contributed by atoms with Crippen LogP contribution < -0.4 is 10.6 Å². The van der Waals surface area contributed by atoms with Gasteiger partial charge in [-0.25, -0.2) is 4.90 Å². The maximum Gasteiger partial charge on any atom is 0.237 e. The molecule has 6 heteroatoms. The van der Waals surface area contributed by atoms with Crippen molar-refractivity contribution in [3.05, 3.63) is 24.3 Å². The first-order chi connectivity index (χ1) is 9.50. The normalized spacial score (nSPS) is 33.4. The number of carbonyl (C=O) groups is 2. The van der Waals surface area contributed by atoms with Crippen molar-refractivity contribution in [1.82, 2.24) is 0 Å². The lowest BCUT2D eigenvalue weighted by Gasteiger charge is -2.29. The van der Waals surface area contributed by atoms with E-state index in [4.69, 9.17) is 5.73 Å². The highest BCUT2D eigenvalue weighted by Gasteiger charge is 2.52. The van der Waals surface area contributed by atoms with Crippen LogP contribution in [0.15, 0.2) is 24.3 Å². The van der Waals surface area contributed by atoms with Crippen LogP contribution in [0.25, 0.3) is 0 Å². The third-order valence-corrected chi connectivity index (χ3v) is 6.82. The molecule has 106 valence electrons. The second kappa shape index (κ2) is 5.15. The molecule has 0 bridgehead atoms. The van der Waals surface area contributed by atoms with Gasteiger partial charge in [0.05, 0.1) is 23.2 Å². The number of nitrogen functional groups attached to an aromatic ring is 1. The SMILES string of the molecule is Nc1ccccc1N1C(=O)C2CC(Br)C(Br)CC2C1=O. The van der Waals surface area contributed by atoms with E-state index in [1.807, 2.05) is 0 Å². The van der Waals surface area contributed by atoms with Crippen molar-refractivity contribution in [2.45, 2.75) is 22.5 Å². The minimum absolute atomic E-state index is 0.123. The molecule has 2 N–H and O–H groups in total. The molecule has 2 fully saturated rings. The maximum atomic E-state index is 12.6. The molecule has 0 radical (unpaired) electrons. The Balaban J connectivity index is 1.97. The number of alkyl halides is 2. The van der Waals surface area contributed by atoms with Gasteiger partial charge in [0.25, 0.3) is 0 Å². The molecule has 1 aliphatic carbocycles. The lowest BCUT2D eigenvalue weighted by atomic mass is 9.81. The Bertz CT molecular complexity index is 550. The Morgan fingerprint density at radius 1 is 1.00 bits per heavy atom. The molecule has 1 saturated heterocycles. The van der Waals surface area contributed by atoms with Gasteiger partial charge in [-0.3, -0.25) is 9.59 Å². The monoisotopic (exact) mass is 400 g/mol. The average molecular weight is 402 g/mol. The molecule has 0 aromatic heterocycles. The van der Waals surface area contributed by atoms with E-state index in [0.717, 1.165) is 0 Å². The molecule has 3 rings (SSSR count). The topological polar surface area (TPSA) is 63.4 Å². The van der Waals surface area contributed by atoms with E-state index in [0.29, 0.717) is 24.2 Å². The maximum absolute atomic E-state index is 12.6. The van der Waals surface area contributed by atoms with E-state index >= 15 is 0 Å². The smallest absolute Gasteiger partial charge is 0.237 e. The number of imide groups is 1. The van der Waals surface area contributed by atoms with Crippen molar-refractivity contribution >= 4 is 55.0 Å². The number of nitrogens with zero attached hydrogens (tertiary/aromatic N) is 1. The Labute approximate surface area is 133 Å². The van der Waals surface area contributed by atoms with Crippen molar-refractivity contribution in [2.24, 2.45) is 11.8 Å². The molecule has 0 spiro atoms. The second-order valence-electron chi connectivity index (χ2n) is 5.29. The van der Waals surface area contributed by atoms with Gasteiger partial charge in [-0.1, -0.05) is 44.0 Å². The highest BCUT2D eigenvalue weighted by atomic mass is 79.9. The first kappa shape index (κ1) is 14.1. The number of hydrogen-bond acceptors (Lipinski definition) is 3. The predicted molar refractivity (Wildman–Crippen MR) is 85.0 cm³/mol. The molecular formula is C14H14Br2N2O2. The fraction of sp³-hybridized carbons (Fsp3) is 0.429. The number of nitrogens with two attached hydrogens (primary N) is 1. The zero-order valence-electron chi connectivity index (χ0n) is 10.6. The lowest BCUT2D eigenvalue weighted by molar-refractivity contribution is -0.122. The number of rotatable bonds is 1. The van der Waals surface area contributed by atoms with Crippen LogP contribution in [0, 0.1) is 11.8 Å². The molecule has 1 aliphatic heterocycles. The van der Waals surface area contributed by atoms with Crippen LogP contribution in [0.3, 0.4) is 0 Å². The molecule has 20 heavy (non-hydrogen) atoms. The molecule has 2 aliphatic rings. The zero-order valence-corrected chi connectivity index (χ0v) is 13.8. The summed E-state index contributed by atoms with van der Waals surface area (Å²) in [4.78, 5) is 26.8. The van der Waals surface area contributed by atoms with Crippen molar-refractivity contribution in [3.63, 3.8) is 0 Å². The fourth-order valence-corrected chi connectivity index (χ4v) is 4.26. The van der Waals surface area contributed by atoms with Gasteiger partial charge >= 0.3 is 0 Å². The van der Waals surface area contributed by atoms with E-state index in [2.05, 4.69) is 31.9 Å². The van der Waals surface area contributed by atoms with E-state index in [9.17, 15) is 9.59 Å². The third-order valence-electron chi connectivity index (χ3n) is 4.09. The summed E-state index contributed by atoms with van der Waals surface area (Å²) in [5.74, 6) is -0.718. The minimum Gasteiger partial charge on any atom is -0.397 e. The number of carbonyl (C=O) groups excluding carboxylic acids is 2. The summed E-state index contributed by atoms with van der Waals surface area (Å²) in [5.41, 5.74) is 6.87. The van der Waals surface area contributed by atoms with Gasteiger partial charge in [-0.05, 0) is 25.0 Å². The Morgan fingerprint density at radius 3 is 2.00 bits per heavy atom. The number of halogens is 2. The van der Waals surface area contributed by atoms with Crippen molar-refractivity contribution in [2.75, 3.05) is 10.6 Å². The van der Waals surface area contributed by atoms with Crippen LogP contribution in [0.4, 0.5) is 11.4 Å². The van der Waals surface area contributed by atoms with Gasteiger partial charge in [-0.15, -0.1) is 0 Å². The number of anilines is 2. The van der Waals surface area contributed by atoms with Crippen LogP contribution in [-0.4, -0.2) is 21.5 Å². The lowest BCUT2D eigenvalue weighted by Crippen LogP contribution is -2.34. The summed E-state index contributed by atoms with van der Waals surface area (Å²) in [6.07, 6.45) is 1.35. The molecule has 2 amide bonds. The summed E-state index contributed by atoms with van der Waals surface area (Å²) in [7, 11) is 0. The fourth-order valence-electron chi connectivity index (χ4n) is 3.02. The second-order valence-corrected chi connectivity index (χ2v) is 7.64. The van der Waals surface area contributed by atoms with Gasteiger partial charge in [0, 0.05) is 9.65 Å². The minimum atomic E-state index is -0.236. The van der Waals surface area contributed by atoms with Gasteiger partial charge < -0.3 is 5.73 Å². The Kier molecular flexibility index (Phi) is 3.62. The summed E-state index contributed by atoms with van der Waals surface area (Å²) >= 11 is 7.15. The number of fused-ring (bicyclic) bond motifs is 1. The van der Waals surface area contributed by atoms with Crippen LogP contribution in [0.2, 0.25) is 0 Å². The molecule has 1 saturated carbocycles. The van der Waals surface area contributed by atoms with Crippen molar-refractivity contribution < 1.29 is 9.59 Å². The van der Waals surface area contributed by atoms with Gasteiger partial charge in [0.2, 0.25) is 11.8 Å². The first-order valence-electron chi connectivity index (χ1n) is 6.51. The zero-order chi connectivity index (χ0) is 14.4. The van der Waals surface area contributed by atoms with E-state index < -0.39 is 0 Å². The quantitative estimate of drug-likeness (QED) is 0.447. The number of hydrogen-bond donors (Lipinski definition) is 1. The van der Waals surface area contributed by atoms with Gasteiger partial charge in [-0.2, -0.15) is 0 Å². The first-order valence-corrected chi connectivity index (χ1v) is 8.34. The summed E-state index contributed by atoms with van der Waals surface area (Å²) < 4.78 is 0. The Hall–Kier alpha value is -0.880. The molecular weight excluding hydrogens is 388 g/mol. The number of benzene rings is 1. The molecule has 4 atom stereocenters. The van der Waals surface area contributed by atoms with Gasteiger partial charge in [0.15, 0.2) is 0 Å². The van der Waals surface area contributed by atoms with E-state index in [1.165, 1.54) is 4.90 Å². The summed E-state index contributed by atoms with van der Waals surface area (Å²) in [6, 6.07) is 7.01. The molecule has 1 aromatic rings. The van der Waals surface area contributed by atoms with Crippen LogP contribution in [0.5, 0.6) is 0 Å². The number of para-hydroxylation sites is 2. The van der Waals surface area contributed by atoms with Crippen LogP contribution in [-0.2, 0) is 9.59 Å². The van der Waals surface area contributed by atoms with Crippen LogP contribution >= 0.6 is 31.9 Å². The highest BCUT2D eigenvalue weighted by Crippen LogP contribution is 2.45. The molecule has 4 unspecified atom stereocenters. The average Bonchev–Trinajstić information content (AvgIpc) is 2.64. The Morgan fingerprint density at radius 2 is 1.50 bits per heavy atom. The summed E-state index contributed by atoms with van der Waals surface area (Å²) in [5, 5.41) is 0. The molecule has 1 heterocycles. The van der Waals surface area contributed by atoms with Crippen molar-refractivity contribution in [1.29, 1.82) is 0 Å². The van der Waals surface area contributed by atoms with Crippen molar-refractivity contribution in [3.8, 4) is 0 Å². The van der Waals surface area contributed by atoms with Crippen LogP contribution in [0.1, 0.15) is 12.8 Å². The standard InChI is InChI=1S/C14H14Br2N2O2/c15-9-5-7-8(6-10(9)16)14(20)18(13(7)19)12-4-2-1-3-11(12)17/h1-4,7-10H,5-6,17H2. The third kappa shape index (κ3) is 2.09. The summed E-state index contributed by atoms with van der Waals surface area (Å²) in [6.45, 7) is 0. The van der Waals surface area contributed by atoms with Gasteiger partial charge in [0.1, 0.15) is 0 Å². The largest absolute Gasteiger partial charge is 0.397 e. The van der Waals surface area contributed by atoms with E-state index in [1.54, 1.807) is 24.3 Å². The highest BCUT2D eigenvalue weighted by molar-refractivity contribution is 9.12.